The summed E-state index contributed by atoms with van der Waals surface area (Å²) in [7, 11) is -4.63. The van der Waals surface area contributed by atoms with Crippen LogP contribution in [-0.4, -0.2) is 140 Å². The quantitative estimate of drug-likeness (QED) is 0.0134. The highest BCUT2D eigenvalue weighted by Crippen LogP contribution is 2.59. The zero-order chi connectivity index (χ0) is 72.2. The molecule has 0 spiro atoms. The number of nitrogens with zero attached hydrogens (tertiary/aromatic N) is 2. The summed E-state index contributed by atoms with van der Waals surface area (Å²) in [6.07, 6.45) is 0.945. The van der Waals surface area contributed by atoms with E-state index in [-0.39, 0.29) is 87.7 Å². The van der Waals surface area contributed by atoms with Crippen molar-refractivity contribution in [3.8, 4) is 21.9 Å². The first-order valence-electron chi connectivity index (χ1n) is 32.6. The minimum Gasteiger partial charge on any atom is -0.504 e. The lowest BCUT2D eigenvalue weighted by Crippen LogP contribution is -2.57. The van der Waals surface area contributed by atoms with Gasteiger partial charge in [0, 0.05) is 67.5 Å². The number of carbonyl (C=O) groups is 8. The second-order valence-corrected chi connectivity index (χ2v) is 29.1. The number of alkyl halides is 2. The van der Waals surface area contributed by atoms with E-state index in [2.05, 4.69) is 58.1 Å². The van der Waals surface area contributed by atoms with Crippen molar-refractivity contribution in [1.82, 2.24) is 47.1 Å². The van der Waals surface area contributed by atoms with Crippen LogP contribution in [-0.2, 0) is 69.6 Å². The van der Waals surface area contributed by atoms with Crippen molar-refractivity contribution < 1.29 is 76.4 Å². The molecular formula is C71H87BrF2N9O14PS. The van der Waals surface area contributed by atoms with Gasteiger partial charge in [-0.25, -0.2) is 4.98 Å². The first-order chi connectivity index (χ1) is 46.9. The average Bonchev–Trinajstić information content (AvgIpc) is 1.78. The van der Waals surface area contributed by atoms with Crippen molar-refractivity contribution in [1.29, 1.82) is 0 Å². The number of unbranched alkanes of at least 4 members (excludes halogenated alkanes) is 4. The topological polar surface area (TPSA) is 344 Å². The Labute approximate surface area is 586 Å². The summed E-state index contributed by atoms with van der Waals surface area (Å²) >= 11 is 4.98. The van der Waals surface area contributed by atoms with E-state index in [9.17, 15) is 71.7 Å². The molecular weight excluding hydrogens is 1380 g/mol. The van der Waals surface area contributed by atoms with E-state index in [0.29, 0.717) is 48.8 Å². The monoisotopic (exact) mass is 1470 g/mol. The molecule has 0 bridgehead atoms. The molecule has 6 aromatic rings. The summed E-state index contributed by atoms with van der Waals surface area (Å²) in [4.78, 5) is 138. The maximum absolute atomic E-state index is 14.8. The Kier molecular flexibility index (Phi) is 28.4. The number of aliphatic hydroxyl groups is 1. The van der Waals surface area contributed by atoms with E-state index in [1.165, 1.54) is 41.5 Å². The van der Waals surface area contributed by atoms with Gasteiger partial charge >= 0.3 is 13.3 Å². The van der Waals surface area contributed by atoms with Crippen molar-refractivity contribution >= 4 is 82.1 Å². The molecule has 99 heavy (non-hydrogen) atoms. The Hall–Kier alpha value is -8.46. The van der Waals surface area contributed by atoms with E-state index in [0.717, 1.165) is 56.0 Å². The lowest BCUT2D eigenvalue weighted by Gasteiger charge is -2.35. The normalized spacial score (nSPS) is 15.2. The zero-order valence-corrected chi connectivity index (χ0v) is 59.4. The summed E-state index contributed by atoms with van der Waals surface area (Å²) in [6, 6.07) is 23.4. The molecule has 1 aliphatic heterocycles. The number of hydrogen-bond donors (Lipinski definition) is 11. The number of aryl methyl sites for hydroxylation is 2. The molecule has 2 heterocycles. The molecule has 1 aliphatic rings. The Balaban J connectivity index is 0.996. The highest BCUT2D eigenvalue weighted by atomic mass is 79.9. The second kappa shape index (κ2) is 36.0. The summed E-state index contributed by atoms with van der Waals surface area (Å²) < 4.78 is 47.4. The van der Waals surface area contributed by atoms with Crippen LogP contribution in [0.15, 0.2) is 125 Å². The number of aromatic nitrogens is 1. The summed E-state index contributed by atoms with van der Waals surface area (Å²) in [5.74, 6) is -4.71. The van der Waals surface area contributed by atoms with Crippen LogP contribution in [0, 0.1) is 19.3 Å². The number of nitrogens with one attached hydrogen (secondary N) is 7. The molecule has 532 valence electrons. The number of amides is 8. The number of halogens is 3. The molecule has 6 unspecified atom stereocenters. The van der Waals surface area contributed by atoms with Gasteiger partial charge in [0.2, 0.25) is 41.4 Å². The molecule has 23 nitrogen and oxygen atoms in total. The van der Waals surface area contributed by atoms with Gasteiger partial charge in [-0.05, 0) is 109 Å². The molecule has 1 aromatic heterocycles. The van der Waals surface area contributed by atoms with Gasteiger partial charge in [-0.2, -0.15) is 8.78 Å². The van der Waals surface area contributed by atoms with Crippen LogP contribution in [0.4, 0.5) is 8.78 Å². The molecule has 7 rings (SSSR count). The van der Waals surface area contributed by atoms with Crippen molar-refractivity contribution in [2.45, 2.75) is 160 Å². The van der Waals surface area contributed by atoms with Gasteiger partial charge in [0.05, 0.1) is 35.7 Å². The maximum atomic E-state index is 14.8. The van der Waals surface area contributed by atoms with E-state index in [1.807, 2.05) is 38.1 Å². The number of β-amino-alcohol motifs (C(OH)–C–C–N with tert-alkyl or cyclic N) is 1. The number of carbonyl (C=O) groups excluding carboxylic acids is 8. The largest absolute Gasteiger partial charge is 0.504 e. The SMILES string of the molecule is COc1cc(CC(=O)NC(Cc2ccccc2)C(=O)NC(Cc2ccc(C(F)(F)P(=O)(O)O)cc2)C(=O)NC(CCCCNC(=O)c2ccc(C)c(Br)c2)C(=O)NCCCCCCC(=O)NC(C(=O)N2CC(O)CC2C(=O)NCc2ccc(-c3scnc3C)cc2)C(C)(C)C)ccc1O. The van der Waals surface area contributed by atoms with Crippen molar-refractivity contribution in [2.75, 3.05) is 26.7 Å². The molecule has 0 aliphatic carbocycles. The first-order valence-corrected chi connectivity index (χ1v) is 35.9. The number of rotatable bonds is 34. The van der Waals surface area contributed by atoms with Crippen LogP contribution in [0.25, 0.3) is 10.4 Å². The molecule has 5 aromatic carbocycles. The van der Waals surface area contributed by atoms with Gasteiger partial charge < -0.3 is 66.9 Å². The van der Waals surface area contributed by atoms with E-state index < -0.39 is 108 Å². The fourth-order valence-corrected chi connectivity index (χ4v) is 12.9. The van der Waals surface area contributed by atoms with Crippen LogP contribution >= 0.6 is 34.9 Å². The molecule has 28 heteroatoms. The van der Waals surface area contributed by atoms with Crippen molar-refractivity contribution in [3.63, 3.8) is 0 Å². The number of methoxy groups -OCH3 is 1. The lowest BCUT2D eigenvalue weighted by atomic mass is 9.85. The van der Waals surface area contributed by atoms with Crippen LogP contribution in [0.3, 0.4) is 0 Å². The van der Waals surface area contributed by atoms with Crippen LogP contribution in [0.2, 0.25) is 0 Å². The van der Waals surface area contributed by atoms with Gasteiger partial charge in [-0.15, -0.1) is 11.3 Å². The van der Waals surface area contributed by atoms with Gasteiger partial charge in [0.15, 0.2) is 11.5 Å². The number of hydrogen-bond acceptors (Lipinski definition) is 14. The van der Waals surface area contributed by atoms with Crippen molar-refractivity contribution in [2.24, 2.45) is 5.41 Å². The molecule has 8 amide bonds. The highest BCUT2D eigenvalue weighted by molar-refractivity contribution is 9.10. The highest BCUT2D eigenvalue weighted by Gasteiger charge is 2.50. The number of thiazole rings is 1. The van der Waals surface area contributed by atoms with Gasteiger partial charge in [0.1, 0.15) is 30.2 Å². The fourth-order valence-electron chi connectivity index (χ4n) is 11.2. The molecule has 0 saturated carbocycles. The molecule has 1 fully saturated rings. The molecule has 6 atom stereocenters. The minimum absolute atomic E-state index is 0.0223. The Morgan fingerprint density at radius 2 is 1.32 bits per heavy atom. The standard InChI is InChI=1S/C71H87BrF2N9O14PS/c1-43-20-26-50(38-53(43)72)64(88)75-33-15-13-18-54(65(89)76-32-14-8-7-12-19-60(86)82-63(70(3,4)5)69(93)83-41-52(84)39-57(83)68(92)77-40-47-21-27-49(28-22-47)62-44(2)78-42-99-62)80-67(91)56(35-46-23-29-51(30-24-46)71(73,74)98(94,95)96)81-66(90)55(34-45-16-10-9-11-17-45)79-61(87)37-48-25-31-58(85)59(36-48)97-6/h9-11,16-17,20-31,36,38,42,52,54-57,63,84-85H,7-8,12-15,18-19,32-35,37,39-41H2,1-6H3,(H,75,88)(H,76,89)(H,77,92)(H,79,87)(H,80,91)(H,81,90)(H,82,86)(H2,94,95,96). The van der Waals surface area contributed by atoms with Gasteiger partial charge in [-0.3, -0.25) is 42.9 Å². The van der Waals surface area contributed by atoms with Crippen molar-refractivity contribution in [3.05, 3.63) is 170 Å². The number of aliphatic hydroxyl groups excluding tert-OH is 1. The molecule has 1 saturated heterocycles. The first kappa shape index (κ1) is 77.9. The summed E-state index contributed by atoms with van der Waals surface area (Å²) in [5.41, 5.74) is 0.726. The smallest absolute Gasteiger partial charge is 0.399 e. The van der Waals surface area contributed by atoms with Gasteiger partial charge in [-0.1, -0.05) is 141 Å². The Morgan fingerprint density at radius 3 is 1.96 bits per heavy atom. The zero-order valence-electron chi connectivity index (χ0n) is 56.1. The number of phenolic OH excluding ortho intramolecular Hbond substituents is 1. The molecule has 0 radical (unpaired) electrons. The summed E-state index contributed by atoms with van der Waals surface area (Å²) in [6.45, 7) is 9.63. The third-order valence-electron chi connectivity index (χ3n) is 16.9. The fraction of sp³-hybridized carbons (Fsp3) is 0.423. The van der Waals surface area contributed by atoms with E-state index in [4.69, 9.17) is 4.74 Å². The van der Waals surface area contributed by atoms with E-state index in [1.54, 1.807) is 74.8 Å². The predicted octanol–water partition coefficient (Wildman–Crippen LogP) is 8.09. The summed E-state index contributed by atoms with van der Waals surface area (Å²) in [5, 5.41) is 40.6. The maximum Gasteiger partial charge on any atom is 0.399 e. The predicted molar refractivity (Wildman–Crippen MR) is 373 cm³/mol. The number of aromatic hydroxyl groups is 1. The number of ether oxygens (including phenoxy) is 1. The number of likely N-dealkylation sites (tertiary alicyclic amines) is 1. The number of benzene rings is 5. The third-order valence-corrected chi connectivity index (χ3v) is 19.7. The Bertz CT molecular complexity index is 3840. The van der Waals surface area contributed by atoms with Crippen LogP contribution in [0.5, 0.6) is 11.5 Å². The number of phenols is 1. The van der Waals surface area contributed by atoms with Crippen LogP contribution < -0.4 is 42.0 Å². The van der Waals surface area contributed by atoms with Crippen LogP contribution in [0.1, 0.15) is 128 Å². The van der Waals surface area contributed by atoms with E-state index >= 15 is 0 Å². The second-order valence-electron chi connectivity index (χ2n) is 25.7. The third kappa shape index (κ3) is 22.8. The Morgan fingerprint density at radius 1 is 0.707 bits per heavy atom. The molecule has 11 N–H and O–H groups in total. The minimum atomic E-state index is -5.97. The average molecular weight is 1470 g/mol. The van der Waals surface area contributed by atoms with Gasteiger partial charge in [0.25, 0.3) is 5.91 Å². The lowest BCUT2D eigenvalue weighted by molar-refractivity contribution is -0.144.